The molecule has 3 aromatic rings. The van der Waals surface area contributed by atoms with E-state index < -0.39 is 0 Å². The minimum absolute atomic E-state index is 0. The van der Waals surface area contributed by atoms with E-state index in [1.54, 1.807) is 4.68 Å². The van der Waals surface area contributed by atoms with E-state index in [2.05, 4.69) is 27.5 Å². The van der Waals surface area contributed by atoms with Gasteiger partial charge < -0.3 is 16.8 Å². The molecule has 0 amide bonds. The van der Waals surface area contributed by atoms with Crippen LogP contribution in [0.1, 0.15) is 28.8 Å². The van der Waals surface area contributed by atoms with Crippen LogP contribution in [0.3, 0.4) is 0 Å². The lowest BCUT2D eigenvalue weighted by Crippen LogP contribution is -2.23. The molecule has 2 aromatic carbocycles. The van der Waals surface area contributed by atoms with E-state index in [0.29, 0.717) is 42.4 Å². The Morgan fingerprint density at radius 1 is 1.17 bits per heavy atom. The highest BCUT2D eigenvalue weighted by atomic mass is 127. The second-order valence-electron chi connectivity index (χ2n) is 6.94. The molecule has 0 saturated heterocycles. The zero-order chi connectivity index (χ0) is 20.8. The van der Waals surface area contributed by atoms with Crippen molar-refractivity contribution in [1.29, 1.82) is 5.26 Å². The number of nitrogens with one attached hydrogen (secondary N) is 1. The molecule has 0 unspecified atom stereocenters. The number of aliphatic imine (C=N–C) groups is 1. The van der Waals surface area contributed by atoms with Crippen LogP contribution in [0.4, 0.5) is 11.5 Å². The van der Waals surface area contributed by atoms with Gasteiger partial charge in [0.25, 0.3) is 0 Å². The maximum atomic E-state index is 9.47. The van der Waals surface area contributed by atoms with E-state index in [9.17, 15) is 5.26 Å². The van der Waals surface area contributed by atoms with Gasteiger partial charge in [-0.25, -0.2) is 4.68 Å². The Balaban J connectivity index is 0.00000320. The topological polar surface area (TPSA) is 118 Å². The number of nitrogens with two attached hydrogens (primary N) is 2. The number of aryl methyl sites for hydroxylation is 3. The number of hydrogen-bond donors (Lipinski definition) is 3. The van der Waals surface area contributed by atoms with Gasteiger partial charge in [0, 0.05) is 12.2 Å². The summed E-state index contributed by atoms with van der Waals surface area (Å²) in [4.78, 5) is 4.37. The van der Waals surface area contributed by atoms with Gasteiger partial charge >= 0.3 is 0 Å². The summed E-state index contributed by atoms with van der Waals surface area (Å²) in [6, 6.07) is 17.8. The fourth-order valence-corrected chi connectivity index (χ4v) is 3.22. The summed E-state index contributed by atoms with van der Waals surface area (Å²) in [5, 5.41) is 17.1. The van der Waals surface area contributed by atoms with E-state index in [1.165, 1.54) is 0 Å². The van der Waals surface area contributed by atoms with Crippen LogP contribution in [0.5, 0.6) is 0 Å². The molecule has 0 atom stereocenters. The number of para-hydroxylation sites is 1. The van der Waals surface area contributed by atoms with Gasteiger partial charge in [-0.3, -0.25) is 4.99 Å². The van der Waals surface area contributed by atoms with Crippen LogP contribution in [-0.2, 0) is 6.42 Å². The Bertz CT molecular complexity index is 1040. The maximum absolute atomic E-state index is 9.47. The molecule has 1 aromatic heterocycles. The fourth-order valence-electron chi connectivity index (χ4n) is 3.22. The zero-order valence-electron chi connectivity index (χ0n) is 17.1. The van der Waals surface area contributed by atoms with Crippen molar-refractivity contribution in [3.8, 4) is 11.8 Å². The van der Waals surface area contributed by atoms with Crippen molar-refractivity contribution in [2.75, 3.05) is 17.6 Å². The summed E-state index contributed by atoms with van der Waals surface area (Å²) in [6.07, 6.45) is 1.29. The number of rotatable bonds is 6. The third kappa shape index (κ3) is 5.73. The Hall–Kier alpha value is -3.06. The van der Waals surface area contributed by atoms with Crippen molar-refractivity contribution in [1.82, 2.24) is 9.78 Å². The first-order chi connectivity index (χ1) is 14.0. The van der Waals surface area contributed by atoms with Gasteiger partial charge in [-0.15, -0.1) is 24.0 Å². The molecule has 0 fully saturated rings. The lowest BCUT2D eigenvalue weighted by Gasteiger charge is -2.08. The van der Waals surface area contributed by atoms with Crippen LogP contribution < -0.4 is 16.8 Å². The molecule has 0 saturated carbocycles. The van der Waals surface area contributed by atoms with Gasteiger partial charge in [-0.2, -0.15) is 10.4 Å². The molecule has 0 aliphatic rings. The van der Waals surface area contributed by atoms with Crippen LogP contribution in [0.2, 0.25) is 0 Å². The molecule has 0 aliphatic heterocycles. The molecule has 0 aliphatic carbocycles. The molecular weight excluding hydrogens is 489 g/mol. The lowest BCUT2D eigenvalue weighted by molar-refractivity contribution is 0.776. The molecule has 0 radical (unpaired) electrons. The number of nitrogens with zero attached hydrogens (tertiary/aromatic N) is 4. The highest BCUT2D eigenvalue weighted by Gasteiger charge is 2.16. The van der Waals surface area contributed by atoms with Crippen molar-refractivity contribution < 1.29 is 0 Å². The van der Waals surface area contributed by atoms with Gasteiger partial charge in [0.2, 0.25) is 0 Å². The van der Waals surface area contributed by atoms with Crippen LogP contribution >= 0.6 is 24.0 Å². The number of halogens is 1. The van der Waals surface area contributed by atoms with Gasteiger partial charge in [0.1, 0.15) is 17.5 Å². The highest BCUT2D eigenvalue weighted by molar-refractivity contribution is 14.0. The van der Waals surface area contributed by atoms with Crippen LogP contribution in [0.15, 0.2) is 53.5 Å². The quantitative estimate of drug-likeness (QED) is 0.199. The predicted octanol–water partition coefficient (Wildman–Crippen LogP) is 3.92. The molecule has 30 heavy (non-hydrogen) atoms. The van der Waals surface area contributed by atoms with Crippen molar-refractivity contribution in [3.05, 3.63) is 70.9 Å². The number of nitrogen functional groups attached to an aromatic ring is 1. The summed E-state index contributed by atoms with van der Waals surface area (Å²) < 4.78 is 1.60. The minimum Gasteiger partial charge on any atom is -0.382 e. The number of guanidine groups is 1. The third-order valence-corrected chi connectivity index (χ3v) is 4.45. The number of hydrogen-bond acceptors (Lipinski definition) is 4. The molecule has 0 spiro atoms. The van der Waals surface area contributed by atoms with E-state index in [1.807, 2.05) is 56.3 Å². The lowest BCUT2D eigenvalue weighted by atomic mass is 10.1. The highest BCUT2D eigenvalue weighted by Crippen LogP contribution is 2.21. The average Bonchev–Trinajstić information content (AvgIpc) is 3.00. The third-order valence-electron chi connectivity index (χ3n) is 4.45. The first-order valence-corrected chi connectivity index (χ1v) is 9.46. The number of anilines is 2. The summed E-state index contributed by atoms with van der Waals surface area (Å²) in [7, 11) is 0. The number of nitriles is 1. The molecule has 156 valence electrons. The van der Waals surface area contributed by atoms with Crippen LogP contribution in [0.25, 0.3) is 5.69 Å². The van der Waals surface area contributed by atoms with E-state index in [0.717, 1.165) is 22.5 Å². The summed E-state index contributed by atoms with van der Waals surface area (Å²) in [6.45, 7) is 4.60. The van der Waals surface area contributed by atoms with Crippen molar-refractivity contribution >= 4 is 41.4 Å². The standard InChI is InChI=1S/C22H25N7.HI/c1-15-11-16(2)13-17(12-15)27-22(25)26-10-6-9-20-19(14-23)21(24)29(28-20)18-7-4-3-5-8-18;/h3-5,7-8,11-13H,6,9-10,24H2,1-2H3,(H3,25,26,27);1H. The summed E-state index contributed by atoms with van der Waals surface area (Å²) in [5.74, 6) is 0.720. The molecule has 8 heteroatoms. The molecule has 1 heterocycles. The first kappa shape index (κ1) is 23.2. The van der Waals surface area contributed by atoms with Gasteiger partial charge in [0.05, 0.1) is 11.4 Å². The van der Waals surface area contributed by atoms with E-state index in [4.69, 9.17) is 11.5 Å². The Morgan fingerprint density at radius 3 is 2.47 bits per heavy atom. The predicted molar refractivity (Wildman–Crippen MR) is 132 cm³/mol. The maximum Gasteiger partial charge on any atom is 0.193 e. The van der Waals surface area contributed by atoms with E-state index >= 15 is 0 Å². The molecule has 0 bridgehead atoms. The van der Waals surface area contributed by atoms with Crippen molar-refractivity contribution in [3.63, 3.8) is 0 Å². The van der Waals surface area contributed by atoms with Crippen molar-refractivity contribution in [2.45, 2.75) is 26.7 Å². The Labute approximate surface area is 193 Å². The minimum atomic E-state index is 0. The Morgan fingerprint density at radius 2 is 1.83 bits per heavy atom. The smallest absolute Gasteiger partial charge is 0.193 e. The Kier molecular flexibility index (Phi) is 8.24. The monoisotopic (exact) mass is 515 g/mol. The molecule has 3 rings (SSSR count). The fraction of sp³-hybridized carbons (Fsp3) is 0.227. The number of aromatic nitrogens is 2. The van der Waals surface area contributed by atoms with Crippen molar-refractivity contribution in [2.24, 2.45) is 10.7 Å². The second-order valence-corrected chi connectivity index (χ2v) is 6.94. The molecule has 5 N–H and O–H groups in total. The number of benzene rings is 2. The first-order valence-electron chi connectivity index (χ1n) is 9.46. The van der Waals surface area contributed by atoms with Crippen LogP contribution in [0, 0.1) is 25.2 Å². The van der Waals surface area contributed by atoms with Gasteiger partial charge in [0.15, 0.2) is 5.96 Å². The molecular formula is C22H26IN7. The van der Waals surface area contributed by atoms with Crippen LogP contribution in [-0.4, -0.2) is 22.3 Å². The average molecular weight is 515 g/mol. The van der Waals surface area contributed by atoms with Gasteiger partial charge in [-0.1, -0.05) is 24.3 Å². The van der Waals surface area contributed by atoms with E-state index in [-0.39, 0.29) is 24.0 Å². The zero-order valence-corrected chi connectivity index (χ0v) is 19.4. The second kappa shape index (κ2) is 10.6. The molecule has 7 nitrogen and oxygen atoms in total. The summed E-state index contributed by atoms with van der Waals surface area (Å²) >= 11 is 0. The largest absolute Gasteiger partial charge is 0.382 e. The summed E-state index contributed by atoms with van der Waals surface area (Å²) in [5.41, 5.74) is 17.3. The normalized spacial score (nSPS) is 10.9. The van der Waals surface area contributed by atoms with Gasteiger partial charge in [-0.05, 0) is 62.1 Å². The SMILES string of the molecule is Cc1cc(C)cc(NC(N)=NCCCc2nn(-c3ccccc3)c(N)c2C#N)c1.I.